The molecular formula is C28H29F3N8OS. The number of hydrogen-bond acceptors (Lipinski definition) is 7. The van der Waals surface area contributed by atoms with E-state index in [9.17, 15) is 22.6 Å². The molecule has 0 N–H and O–H groups in total. The molecule has 0 aliphatic carbocycles. The van der Waals surface area contributed by atoms with Crippen LogP contribution in [0.4, 0.5) is 19.0 Å². The number of nitriles is 1. The number of aromatic nitrogens is 5. The van der Waals surface area contributed by atoms with Crippen LogP contribution in [0.2, 0.25) is 0 Å². The topological polar surface area (TPSA) is 103 Å². The molecule has 1 atom stereocenters. The lowest BCUT2D eigenvalue weighted by atomic mass is 10.0. The molecule has 0 saturated heterocycles. The van der Waals surface area contributed by atoms with Crippen molar-refractivity contribution in [1.29, 1.82) is 5.26 Å². The van der Waals surface area contributed by atoms with Gasteiger partial charge in [0, 0.05) is 44.1 Å². The third-order valence-electron chi connectivity index (χ3n) is 7.23. The Kier molecular flexibility index (Phi) is 8.06. The number of alkyl halides is 3. The molecule has 4 aromatic heterocycles. The highest BCUT2D eigenvalue weighted by molar-refractivity contribution is 7.82. The van der Waals surface area contributed by atoms with Crippen molar-refractivity contribution in [3.63, 3.8) is 0 Å². The van der Waals surface area contributed by atoms with E-state index in [2.05, 4.69) is 33.1 Å². The van der Waals surface area contributed by atoms with Crippen LogP contribution >= 0.6 is 0 Å². The maximum absolute atomic E-state index is 13.8. The van der Waals surface area contributed by atoms with Crippen LogP contribution in [-0.4, -0.2) is 52.7 Å². The van der Waals surface area contributed by atoms with Gasteiger partial charge in [0.25, 0.3) is 0 Å². The lowest BCUT2D eigenvalue weighted by Gasteiger charge is -2.23. The van der Waals surface area contributed by atoms with E-state index in [0.29, 0.717) is 47.9 Å². The van der Waals surface area contributed by atoms with E-state index in [1.165, 1.54) is 12.4 Å². The van der Waals surface area contributed by atoms with Gasteiger partial charge in [-0.15, -0.1) is 10.2 Å². The van der Waals surface area contributed by atoms with Crippen LogP contribution in [-0.2, 0) is 30.1 Å². The quantitative estimate of drug-likeness (QED) is 0.310. The lowest BCUT2D eigenvalue weighted by molar-refractivity contribution is -0.145. The molecule has 5 rings (SSSR count). The highest BCUT2D eigenvalue weighted by Crippen LogP contribution is 2.30. The number of aryl methyl sites for hydroxylation is 2. The Bertz CT molecular complexity index is 1660. The number of nitrogens with zero attached hydrogens (tertiary/aromatic N) is 8. The van der Waals surface area contributed by atoms with Gasteiger partial charge in [-0.1, -0.05) is 19.4 Å². The minimum absolute atomic E-state index is 0.152. The molecule has 0 radical (unpaired) electrons. The summed E-state index contributed by atoms with van der Waals surface area (Å²) in [4.78, 5) is 12.0. The van der Waals surface area contributed by atoms with E-state index in [4.69, 9.17) is 4.98 Å². The highest BCUT2D eigenvalue weighted by atomic mass is 32.2. The Hall–Kier alpha value is -3.89. The summed E-state index contributed by atoms with van der Waals surface area (Å²) >= 11 is 0. The molecule has 214 valence electrons. The lowest BCUT2D eigenvalue weighted by Crippen LogP contribution is -2.33. The maximum atomic E-state index is 13.8. The highest BCUT2D eigenvalue weighted by Gasteiger charge is 2.37. The average molecular weight is 583 g/mol. The summed E-state index contributed by atoms with van der Waals surface area (Å²) in [6.45, 7) is 8.03. The van der Waals surface area contributed by atoms with Gasteiger partial charge in [0.2, 0.25) is 5.82 Å². The third-order valence-corrected chi connectivity index (χ3v) is 8.69. The third kappa shape index (κ3) is 5.80. The summed E-state index contributed by atoms with van der Waals surface area (Å²) in [6.07, 6.45) is 0.611. The van der Waals surface area contributed by atoms with Gasteiger partial charge in [-0.2, -0.15) is 18.4 Å². The van der Waals surface area contributed by atoms with Crippen LogP contribution in [0.5, 0.6) is 0 Å². The number of rotatable bonds is 7. The molecular weight excluding hydrogens is 553 g/mol. The number of hydrogen-bond donors (Lipinski definition) is 0. The molecule has 0 bridgehead atoms. The van der Waals surface area contributed by atoms with Crippen LogP contribution < -0.4 is 4.90 Å². The summed E-state index contributed by atoms with van der Waals surface area (Å²) in [5.41, 5.74) is 4.30. The average Bonchev–Trinajstić information content (AvgIpc) is 3.36. The van der Waals surface area contributed by atoms with E-state index in [0.717, 1.165) is 46.3 Å². The monoisotopic (exact) mass is 582 g/mol. The van der Waals surface area contributed by atoms with Crippen molar-refractivity contribution in [3.05, 3.63) is 76.1 Å². The van der Waals surface area contributed by atoms with Gasteiger partial charge in [-0.05, 0) is 55.2 Å². The Morgan fingerprint density at radius 3 is 2.68 bits per heavy atom. The molecule has 1 unspecified atom stereocenters. The number of fused-ring (bicyclic) bond motifs is 2. The van der Waals surface area contributed by atoms with E-state index in [1.807, 2.05) is 23.4 Å². The second-order valence-electron chi connectivity index (χ2n) is 10.0. The van der Waals surface area contributed by atoms with Crippen molar-refractivity contribution in [3.8, 4) is 6.07 Å². The molecule has 1 aliphatic heterocycles. The molecule has 41 heavy (non-hydrogen) atoms. The fraction of sp³-hybridized carbons (Fsp3) is 0.393. The molecule has 1 aliphatic rings. The zero-order valence-electron chi connectivity index (χ0n) is 22.9. The van der Waals surface area contributed by atoms with Gasteiger partial charge in [0.1, 0.15) is 22.9 Å². The van der Waals surface area contributed by atoms with Gasteiger partial charge in [-0.3, -0.25) is 9.38 Å². The molecule has 13 heteroatoms. The summed E-state index contributed by atoms with van der Waals surface area (Å²) in [6, 6.07) is 9.21. The Balaban J connectivity index is 1.42. The molecule has 4 aromatic rings. The van der Waals surface area contributed by atoms with Crippen LogP contribution in [0.25, 0.3) is 5.65 Å². The molecule has 9 nitrogen and oxygen atoms in total. The SMILES string of the molecule is CCCCN1CCN(Cc2nc(Cc3ccn4c(C(F)(F)F)nnc4c3C)ccc2C)S(=O)c2cc(C#N)cnc21. The van der Waals surface area contributed by atoms with Crippen LogP contribution in [0, 0.1) is 25.2 Å². The number of anilines is 1. The predicted molar refractivity (Wildman–Crippen MR) is 147 cm³/mol. The Labute approximate surface area is 238 Å². The second kappa shape index (κ2) is 11.5. The summed E-state index contributed by atoms with van der Waals surface area (Å²) in [5, 5.41) is 16.5. The first-order chi connectivity index (χ1) is 19.6. The number of halogens is 3. The minimum atomic E-state index is -4.60. The summed E-state index contributed by atoms with van der Waals surface area (Å²) in [5.74, 6) is -0.417. The van der Waals surface area contributed by atoms with E-state index >= 15 is 0 Å². The van der Waals surface area contributed by atoms with Crippen LogP contribution in [0.1, 0.15) is 59.2 Å². The van der Waals surface area contributed by atoms with Crippen molar-refractivity contribution in [2.45, 2.75) is 57.7 Å². The van der Waals surface area contributed by atoms with Crippen LogP contribution in [0.15, 0.2) is 41.6 Å². The van der Waals surface area contributed by atoms with Crippen molar-refractivity contribution >= 4 is 22.5 Å². The van der Waals surface area contributed by atoms with Gasteiger partial charge in [-0.25, -0.2) is 13.5 Å². The fourth-order valence-electron chi connectivity index (χ4n) is 4.87. The van der Waals surface area contributed by atoms with Crippen molar-refractivity contribution in [2.75, 3.05) is 24.5 Å². The van der Waals surface area contributed by atoms with Crippen molar-refractivity contribution in [2.24, 2.45) is 0 Å². The number of pyridine rings is 3. The zero-order chi connectivity index (χ0) is 29.3. The minimum Gasteiger partial charge on any atom is -0.354 e. The summed E-state index contributed by atoms with van der Waals surface area (Å²) in [7, 11) is -1.56. The first-order valence-electron chi connectivity index (χ1n) is 13.3. The van der Waals surface area contributed by atoms with E-state index < -0.39 is 23.0 Å². The molecule has 5 heterocycles. The van der Waals surface area contributed by atoms with E-state index in [1.54, 1.807) is 19.1 Å². The fourth-order valence-corrected chi connectivity index (χ4v) is 6.20. The van der Waals surface area contributed by atoms with Crippen molar-refractivity contribution < 1.29 is 17.4 Å². The zero-order valence-corrected chi connectivity index (χ0v) is 23.8. The molecule has 0 aromatic carbocycles. The second-order valence-corrected chi connectivity index (χ2v) is 11.5. The van der Waals surface area contributed by atoms with Crippen molar-refractivity contribution in [1.82, 2.24) is 28.9 Å². The molecule has 0 saturated carbocycles. The Morgan fingerprint density at radius 1 is 1.15 bits per heavy atom. The van der Waals surface area contributed by atoms with Crippen LogP contribution in [0.3, 0.4) is 0 Å². The Morgan fingerprint density at radius 2 is 1.95 bits per heavy atom. The van der Waals surface area contributed by atoms with Gasteiger partial charge >= 0.3 is 6.18 Å². The van der Waals surface area contributed by atoms with E-state index in [-0.39, 0.29) is 5.65 Å². The summed E-state index contributed by atoms with van der Waals surface area (Å²) < 4.78 is 56.4. The largest absolute Gasteiger partial charge is 0.452 e. The van der Waals surface area contributed by atoms with Gasteiger partial charge in [0.05, 0.1) is 22.7 Å². The predicted octanol–water partition coefficient (Wildman–Crippen LogP) is 4.76. The van der Waals surface area contributed by atoms with Gasteiger partial charge < -0.3 is 4.90 Å². The molecule has 0 amide bonds. The molecule has 0 spiro atoms. The smallest absolute Gasteiger partial charge is 0.354 e. The molecule has 0 fully saturated rings. The normalized spacial score (nSPS) is 16.0. The maximum Gasteiger partial charge on any atom is 0.452 e. The first-order valence-corrected chi connectivity index (χ1v) is 14.4. The standard InChI is InChI=1S/C28H29F3N8OS/c1-4-5-9-37-11-12-38(41(40)24-13-20(15-32)16-33-26(24)37)17-23-18(2)6-7-22(34-23)14-21-8-10-39-25(19(21)3)35-36-27(39)28(29,30)31/h6-8,10,13,16H,4-5,9,11-12,14,17H2,1-3H3. The number of unbranched alkanes of at least 4 members (excludes halogenated alkanes) is 1. The van der Waals surface area contributed by atoms with Gasteiger partial charge in [0.15, 0.2) is 5.65 Å². The first kappa shape index (κ1) is 28.6.